The minimum absolute atomic E-state index is 0.127. The zero-order valence-corrected chi connectivity index (χ0v) is 13.0. The molecule has 0 saturated heterocycles. The predicted octanol–water partition coefficient (Wildman–Crippen LogP) is 2.81. The lowest BCUT2D eigenvalue weighted by atomic mass is 10.6. The molecule has 106 valence electrons. The van der Waals surface area contributed by atoms with E-state index in [9.17, 15) is 9.59 Å². The lowest BCUT2D eigenvalue weighted by Crippen LogP contribution is -2.22. The summed E-state index contributed by atoms with van der Waals surface area (Å²) in [6.45, 7) is 14.1. The van der Waals surface area contributed by atoms with Crippen molar-refractivity contribution in [3.8, 4) is 0 Å². The van der Waals surface area contributed by atoms with Crippen molar-refractivity contribution in [2.45, 2.75) is 61.3 Å². The fourth-order valence-electron chi connectivity index (χ4n) is 0.223. The monoisotopic (exact) mass is 248 g/mol. The van der Waals surface area contributed by atoms with Crippen molar-refractivity contribution in [3.05, 3.63) is 0 Å². The molecule has 0 aliphatic rings. The zero-order valence-electron chi connectivity index (χ0n) is 13.0. The van der Waals surface area contributed by atoms with Gasteiger partial charge in [-0.25, -0.2) is 0 Å². The number of nitrogens with two attached hydrogens (primary N) is 1. The first-order chi connectivity index (χ1) is 7.74. The van der Waals surface area contributed by atoms with Crippen molar-refractivity contribution in [3.63, 3.8) is 0 Å². The zero-order chi connectivity index (χ0) is 14.9. The molecule has 4 heteroatoms. The van der Waals surface area contributed by atoms with E-state index in [0.717, 1.165) is 6.54 Å². The maximum Gasteiger partial charge on any atom is 0.219 e. The van der Waals surface area contributed by atoms with E-state index in [1.807, 2.05) is 6.92 Å². The maximum absolute atomic E-state index is 10.3. The quantitative estimate of drug-likeness (QED) is 0.775. The normalized spacial score (nSPS) is 7.06. The molecule has 0 atom stereocenters. The Morgan fingerprint density at radius 2 is 1.12 bits per heavy atom. The number of carbonyl (C=O) groups is 2. The van der Waals surface area contributed by atoms with Crippen LogP contribution in [0.2, 0.25) is 0 Å². The van der Waals surface area contributed by atoms with Gasteiger partial charge in [-0.2, -0.15) is 0 Å². The van der Waals surface area contributed by atoms with Crippen LogP contribution in [-0.2, 0) is 9.59 Å². The first-order valence-electron chi connectivity index (χ1n) is 6.22. The van der Waals surface area contributed by atoms with Crippen molar-refractivity contribution in [1.29, 1.82) is 0 Å². The molecule has 0 saturated carbocycles. The SMILES string of the molecule is CC(N)=O.CCC.CCC.CCN(C)C(C)=O. The second kappa shape index (κ2) is 24.3. The van der Waals surface area contributed by atoms with Crippen molar-refractivity contribution in [2.75, 3.05) is 13.6 Å². The minimum Gasteiger partial charge on any atom is -0.370 e. The van der Waals surface area contributed by atoms with Gasteiger partial charge in [-0.3, -0.25) is 9.59 Å². The summed E-state index contributed by atoms with van der Waals surface area (Å²) in [7, 11) is 1.78. The Labute approximate surface area is 108 Å². The molecule has 2 N–H and O–H groups in total. The molecule has 0 fully saturated rings. The molecule has 0 radical (unpaired) electrons. The van der Waals surface area contributed by atoms with Gasteiger partial charge in [0.25, 0.3) is 0 Å². The molecule has 0 aliphatic carbocycles. The summed E-state index contributed by atoms with van der Waals surface area (Å²) < 4.78 is 0. The fraction of sp³-hybridized carbons (Fsp3) is 0.846. The molecule has 0 aliphatic heterocycles. The summed E-state index contributed by atoms with van der Waals surface area (Å²) in [4.78, 5) is 21.2. The summed E-state index contributed by atoms with van der Waals surface area (Å²) >= 11 is 0. The Morgan fingerprint density at radius 3 is 1.12 bits per heavy atom. The third-order valence-corrected chi connectivity index (χ3v) is 1.01. The molecule has 0 aromatic carbocycles. The topological polar surface area (TPSA) is 63.4 Å². The first-order valence-corrected chi connectivity index (χ1v) is 6.22. The van der Waals surface area contributed by atoms with Gasteiger partial charge in [0.15, 0.2) is 0 Å². The van der Waals surface area contributed by atoms with E-state index in [1.165, 1.54) is 19.8 Å². The molecule has 17 heavy (non-hydrogen) atoms. The summed E-state index contributed by atoms with van der Waals surface area (Å²) in [5.41, 5.74) is 4.47. The van der Waals surface area contributed by atoms with Gasteiger partial charge in [0, 0.05) is 27.4 Å². The standard InChI is InChI=1S/C5H11NO.2C3H8.C2H5NO/c1-4-6(3)5(2)7;2*1-3-2;1-2(3)4/h4H2,1-3H3;2*3H2,1-2H3;1H3,(H2,3,4). The third kappa shape index (κ3) is 103. The summed E-state index contributed by atoms with van der Waals surface area (Å²) in [5.74, 6) is -0.206. The number of hydrogen-bond donors (Lipinski definition) is 1. The molecule has 0 aromatic rings. The maximum atomic E-state index is 10.3. The van der Waals surface area contributed by atoms with Crippen LogP contribution in [-0.4, -0.2) is 30.3 Å². The van der Waals surface area contributed by atoms with Gasteiger partial charge < -0.3 is 10.6 Å². The van der Waals surface area contributed by atoms with Crippen molar-refractivity contribution < 1.29 is 9.59 Å². The van der Waals surface area contributed by atoms with Gasteiger partial charge in [-0.1, -0.05) is 40.5 Å². The number of primary amides is 1. The van der Waals surface area contributed by atoms with Gasteiger partial charge >= 0.3 is 0 Å². The average molecular weight is 248 g/mol. The lowest BCUT2D eigenvalue weighted by Gasteiger charge is -2.09. The van der Waals surface area contributed by atoms with Crippen LogP contribution in [0, 0.1) is 0 Å². The van der Waals surface area contributed by atoms with Crippen LogP contribution in [0.25, 0.3) is 0 Å². The van der Waals surface area contributed by atoms with Crippen LogP contribution < -0.4 is 5.73 Å². The Balaban J connectivity index is -0.0000000726. The van der Waals surface area contributed by atoms with Gasteiger partial charge in [0.1, 0.15) is 0 Å². The number of hydrogen-bond acceptors (Lipinski definition) is 2. The number of carbonyl (C=O) groups excluding carboxylic acids is 2. The fourth-order valence-corrected chi connectivity index (χ4v) is 0.223. The molecule has 4 nitrogen and oxygen atoms in total. The van der Waals surface area contributed by atoms with E-state index in [0.29, 0.717) is 0 Å². The minimum atomic E-state index is -0.333. The van der Waals surface area contributed by atoms with Gasteiger partial charge in [0.05, 0.1) is 0 Å². The van der Waals surface area contributed by atoms with Crippen molar-refractivity contribution in [2.24, 2.45) is 5.73 Å². The summed E-state index contributed by atoms with van der Waals surface area (Å²) in [5, 5.41) is 0. The molecule has 0 bridgehead atoms. The second-order valence-electron chi connectivity index (χ2n) is 3.56. The molecule has 0 heterocycles. The average Bonchev–Trinajstić information content (AvgIpc) is 2.18. The van der Waals surface area contributed by atoms with Crippen molar-refractivity contribution >= 4 is 11.8 Å². The van der Waals surface area contributed by atoms with E-state index < -0.39 is 0 Å². The first kappa shape index (κ1) is 25.0. The molecule has 0 unspecified atom stereocenters. The Kier molecular flexibility index (Phi) is 35.6. The lowest BCUT2D eigenvalue weighted by molar-refractivity contribution is -0.127. The Hall–Kier alpha value is -1.06. The Bertz CT molecular complexity index is 153. The van der Waals surface area contributed by atoms with Gasteiger partial charge in [-0.05, 0) is 6.92 Å². The van der Waals surface area contributed by atoms with Crippen molar-refractivity contribution in [1.82, 2.24) is 4.90 Å². The second-order valence-corrected chi connectivity index (χ2v) is 3.56. The number of rotatable bonds is 1. The molecular formula is C13H32N2O2. The largest absolute Gasteiger partial charge is 0.370 e. The summed E-state index contributed by atoms with van der Waals surface area (Å²) in [6.07, 6.45) is 2.50. The van der Waals surface area contributed by atoms with Crippen LogP contribution in [0.1, 0.15) is 61.3 Å². The summed E-state index contributed by atoms with van der Waals surface area (Å²) in [6, 6.07) is 0. The molecule has 0 aromatic heterocycles. The number of nitrogens with zero attached hydrogens (tertiary/aromatic N) is 1. The highest BCUT2D eigenvalue weighted by molar-refractivity contribution is 5.72. The van der Waals surface area contributed by atoms with Crippen LogP contribution >= 0.6 is 0 Å². The van der Waals surface area contributed by atoms with E-state index in [2.05, 4.69) is 33.4 Å². The smallest absolute Gasteiger partial charge is 0.219 e. The van der Waals surface area contributed by atoms with E-state index in [4.69, 9.17) is 0 Å². The third-order valence-electron chi connectivity index (χ3n) is 1.01. The Morgan fingerprint density at radius 1 is 0.941 bits per heavy atom. The predicted molar refractivity (Wildman–Crippen MR) is 75.8 cm³/mol. The highest BCUT2D eigenvalue weighted by Gasteiger charge is 1.93. The molecule has 0 spiro atoms. The van der Waals surface area contributed by atoms with Gasteiger partial charge in [-0.15, -0.1) is 0 Å². The number of amides is 2. The van der Waals surface area contributed by atoms with Gasteiger partial charge in [0.2, 0.25) is 11.8 Å². The molecular weight excluding hydrogens is 216 g/mol. The van der Waals surface area contributed by atoms with Crippen LogP contribution in [0.5, 0.6) is 0 Å². The highest BCUT2D eigenvalue weighted by Crippen LogP contribution is 1.78. The molecule has 2 amide bonds. The van der Waals surface area contributed by atoms with Crippen LogP contribution in [0.4, 0.5) is 0 Å². The van der Waals surface area contributed by atoms with E-state index in [1.54, 1.807) is 18.9 Å². The van der Waals surface area contributed by atoms with Crippen LogP contribution in [0.15, 0.2) is 0 Å². The van der Waals surface area contributed by atoms with E-state index in [-0.39, 0.29) is 11.8 Å². The molecule has 0 rings (SSSR count). The van der Waals surface area contributed by atoms with Crippen LogP contribution in [0.3, 0.4) is 0 Å². The van der Waals surface area contributed by atoms with E-state index >= 15 is 0 Å². The highest BCUT2D eigenvalue weighted by atomic mass is 16.2.